The average molecular weight is 365 g/mol. The third-order valence-electron chi connectivity index (χ3n) is 3.82. The predicted octanol–water partition coefficient (Wildman–Crippen LogP) is 5.45. The van der Waals surface area contributed by atoms with Crippen molar-refractivity contribution >= 4 is 5.97 Å². The molecule has 140 valence electrons. The van der Waals surface area contributed by atoms with Crippen LogP contribution in [0.15, 0.2) is 30.3 Å². The summed E-state index contributed by atoms with van der Waals surface area (Å²) in [5.74, 6) is -0.920. The topological polar surface area (TPSA) is 39.2 Å². The second kappa shape index (κ2) is 7.89. The van der Waals surface area contributed by atoms with Gasteiger partial charge in [0, 0.05) is 5.56 Å². The Labute approximate surface area is 151 Å². The number of hydrogen-bond acceptors (Lipinski definition) is 3. The molecule has 26 heavy (non-hydrogen) atoms. The number of nitrogens with zero attached hydrogens (tertiary/aromatic N) is 1. The highest BCUT2D eigenvalue weighted by Crippen LogP contribution is 2.35. The van der Waals surface area contributed by atoms with E-state index in [0.29, 0.717) is 17.5 Å². The lowest BCUT2D eigenvalue weighted by Crippen LogP contribution is -2.21. The molecule has 0 amide bonds. The molecule has 1 heterocycles. The van der Waals surface area contributed by atoms with E-state index in [1.807, 2.05) is 32.9 Å². The van der Waals surface area contributed by atoms with Gasteiger partial charge in [-0.15, -0.1) is 0 Å². The number of esters is 1. The minimum absolute atomic E-state index is 0.00301. The first-order valence-electron chi connectivity index (χ1n) is 8.48. The summed E-state index contributed by atoms with van der Waals surface area (Å²) in [4.78, 5) is 16.0. The van der Waals surface area contributed by atoms with Gasteiger partial charge in [0.1, 0.15) is 0 Å². The largest absolute Gasteiger partial charge is 0.462 e. The summed E-state index contributed by atoms with van der Waals surface area (Å²) in [5, 5.41) is 0. The van der Waals surface area contributed by atoms with Crippen LogP contribution in [0.5, 0.6) is 0 Å². The van der Waals surface area contributed by atoms with Crippen molar-refractivity contribution in [1.29, 1.82) is 0 Å². The van der Waals surface area contributed by atoms with E-state index >= 15 is 0 Å². The van der Waals surface area contributed by atoms with E-state index in [2.05, 4.69) is 4.98 Å². The smallest absolute Gasteiger partial charge is 0.434 e. The molecule has 2 rings (SSSR count). The Hall–Kier alpha value is -2.37. The molecule has 0 unspecified atom stereocenters. The molecule has 0 aliphatic carbocycles. The minimum atomic E-state index is -4.76. The molecule has 0 radical (unpaired) electrons. The number of alkyl halides is 3. The molecule has 1 aromatic carbocycles. The fraction of sp³-hybridized carbons (Fsp3) is 0.400. The van der Waals surface area contributed by atoms with E-state index in [0.717, 1.165) is 5.56 Å². The van der Waals surface area contributed by atoms with Crippen molar-refractivity contribution in [3.8, 4) is 11.3 Å². The molecular weight excluding hydrogens is 343 g/mol. The third-order valence-corrected chi connectivity index (χ3v) is 3.82. The van der Waals surface area contributed by atoms with Crippen molar-refractivity contribution in [1.82, 2.24) is 4.98 Å². The van der Waals surface area contributed by atoms with Crippen LogP contribution in [-0.4, -0.2) is 17.6 Å². The maximum atomic E-state index is 13.7. The zero-order valence-electron chi connectivity index (χ0n) is 15.3. The monoisotopic (exact) mass is 365 g/mol. The standard InChI is InChI=1S/C20H22F3NO2/c1-5-26-19(25)17-15(10-12(2)3)11-16(24-18(17)20(21,22)23)14-8-6-13(4)7-9-14/h6-9,11-12H,5,10H2,1-4H3. The van der Waals surface area contributed by atoms with Gasteiger partial charge in [-0.05, 0) is 37.8 Å². The van der Waals surface area contributed by atoms with Crippen molar-refractivity contribution < 1.29 is 22.7 Å². The minimum Gasteiger partial charge on any atom is -0.462 e. The van der Waals surface area contributed by atoms with Gasteiger partial charge < -0.3 is 4.74 Å². The summed E-state index contributed by atoms with van der Waals surface area (Å²) in [6, 6.07) is 8.63. The number of hydrogen-bond donors (Lipinski definition) is 0. The zero-order chi connectivity index (χ0) is 19.5. The molecule has 0 atom stereocenters. The van der Waals surface area contributed by atoms with Gasteiger partial charge in [-0.3, -0.25) is 0 Å². The zero-order valence-corrected chi connectivity index (χ0v) is 15.3. The molecule has 2 aromatic rings. The van der Waals surface area contributed by atoms with Crippen molar-refractivity contribution in [3.63, 3.8) is 0 Å². The Morgan fingerprint density at radius 1 is 1.19 bits per heavy atom. The van der Waals surface area contributed by atoms with Crippen LogP contribution in [0.4, 0.5) is 13.2 Å². The number of carbonyl (C=O) groups excluding carboxylic acids is 1. The Balaban J connectivity index is 2.73. The van der Waals surface area contributed by atoms with E-state index in [-0.39, 0.29) is 18.2 Å². The Kier molecular flexibility index (Phi) is 6.05. The lowest BCUT2D eigenvalue weighted by Gasteiger charge is -2.18. The van der Waals surface area contributed by atoms with Gasteiger partial charge in [0.2, 0.25) is 0 Å². The number of ether oxygens (including phenoxy) is 1. The number of carbonyl (C=O) groups is 1. The maximum Gasteiger partial charge on any atom is 0.434 e. The molecule has 0 aliphatic heterocycles. The van der Waals surface area contributed by atoms with Gasteiger partial charge in [0.25, 0.3) is 0 Å². The second-order valence-corrected chi connectivity index (χ2v) is 6.57. The molecule has 0 fully saturated rings. The number of rotatable bonds is 5. The van der Waals surface area contributed by atoms with Crippen molar-refractivity contribution in [2.45, 2.75) is 40.3 Å². The number of aromatic nitrogens is 1. The summed E-state index contributed by atoms with van der Waals surface area (Å²) in [7, 11) is 0. The van der Waals surface area contributed by atoms with E-state index in [4.69, 9.17) is 4.74 Å². The highest BCUT2D eigenvalue weighted by molar-refractivity contribution is 5.93. The van der Waals surface area contributed by atoms with Crippen molar-refractivity contribution in [2.24, 2.45) is 5.92 Å². The Morgan fingerprint density at radius 2 is 1.81 bits per heavy atom. The highest BCUT2D eigenvalue weighted by atomic mass is 19.4. The van der Waals surface area contributed by atoms with Crippen LogP contribution < -0.4 is 0 Å². The van der Waals surface area contributed by atoms with Crippen molar-refractivity contribution in [3.05, 3.63) is 52.7 Å². The Morgan fingerprint density at radius 3 is 2.31 bits per heavy atom. The van der Waals surface area contributed by atoms with Crippen LogP contribution >= 0.6 is 0 Å². The molecule has 0 N–H and O–H groups in total. The lowest BCUT2D eigenvalue weighted by molar-refractivity contribution is -0.141. The first-order valence-corrected chi connectivity index (χ1v) is 8.48. The molecular formula is C20H22F3NO2. The van der Waals surface area contributed by atoms with Gasteiger partial charge >= 0.3 is 12.1 Å². The lowest BCUT2D eigenvalue weighted by atomic mass is 9.94. The SMILES string of the molecule is CCOC(=O)c1c(CC(C)C)cc(-c2ccc(C)cc2)nc1C(F)(F)F. The van der Waals surface area contributed by atoms with Crippen LogP contribution in [0.25, 0.3) is 11.3 Å². The summed E-state index contributed by atoms with van der Waals surface area (Å²) in [6.45, 7) is 7.22. The van der Waals surface area contributed by atoms with Gasteiger partial charge in [-0.1, -0.05) is 43.7 Å². The molecule has 0 aliphatic rings. The molecule has 0 saturated heterocycles. The molecule has 0 spiro atoms. The first kappa shape index (κ1) is 19.9. The van der Waals surface area contributed by atoms with Crippen LogP contribution in [0.3, 0.4) is 0 Å². The van der Waals surface area contributed by atoms with Gasteiger partial charge in [-0.2, -0.15) is 13.2 Å². The van der Waals surface area contributed by atoms with Gasteiger partial charge in [-0.25, -0.2) is 9.78 Å². The third kappa shape index (κ3) is 4.62. The van der Waals surface area contributed by atoms with E-state index in [1.54, 1.807) is 25.1 Å². The molecule has 0 bridgehead atoms. The first-order chi connectivity index (χ1) is 12.1. The number of benzene rings is 1. The fourth-order valence-corrected chi connectivity index (χ4v) is 2.71. The number of aryl methyl sites for hydroxylation is 1. The summed E-state index contributed by atoms with van der Waals surface area (Å²) < 4.78 is 45.8. The van der Waals surface area contributed by atoms with Crippen LogP contribution in [0.1, 0.15) is 48.0 Å². The predicted molar refractivity (Wildman–Crippen MR) is 93.9 cm³/mol. The van der Waals surface area contributed by atoms with Crippen LogP contribution in [-0.2, 0) is 17.3 Å². The fourth-order valence-electron chi connectivity index (χ4n) is 2.71. The Bertz CT molecular complexity index is 781. The number of halogens is 3. The van der Waals surface area contributed by atoms with Gasteiger partial charge in [0.05, 0.1) is 17.9 Å². The highest BCUT2D eigenvalue weighted by Gasteiger charge is 2.39. The van der Waals surface area contributed by atoms with E-state index < -0.39 is 23.4 Å². The second-order valence-electron chi connectivity index (χ2n) is 6.57. The quantitative estimate of drug-likeness (QED) is 0.661. The van der Waals surface area contributed by atoms with Crippen LogP contribution in [0.2, 0.25) is 0 Å². The summed E-state index contributed by atoms with van der Waals surface area (Å²) in [5.41, 5.74) is 0.391. The molecule has 6 heteroatoms. The average Bonchev–Trinajstić information content (AvgIpc) is 2.53. The molecule has 0 saturated carbocycles. The van der Waals surface area contributed by atoms with E-state index in [1.165, 1.54) is 0 Å². The van der Waals surface area contributed by atoms with Crippen LogP contribution in [0, 0.1) is 12.8 Å². The van der Waals surface area contributed by atoms with Gasteiger partial charge in [0.15, 0.2) is 5.69 Å². The number of pyridine rings is 1. The molecule has 1 aromatic heterocycles. The van der Waals surface area contributed by atoms with E-state index in [9.17, 15) is 18.0 Å². The van der Waals surface area contributed by atoms with Crippen molar-refractivity contribution in [2.75, 3.05) is 6.61 Å². The normalized spacial score (nSPS) is 11.7. The summed E-state index contributed by atoms with van der Waals surface area (Å²) in [6.07, 6.45) is -4.44. The molecule has 3 nitrogen and oxygen atoms in total. The summed E-state index contributed by atoms with van der Waals surface area (Å²) >= 11 is 0. The maximum absolute atomic E-state index is 13.7.